The number of rotatable bonds is 6. The largest absolute Gasteiger partial charge is 0.342 e. The van der Waals surface area contributed by atoms with Crippen molar-refractivity contribution in [2.45, 2.75) is 52.9 Å². The maximum atomic E-state index is 13.4. The molecule has 7 nitrogen and oxygen atoms in total. The highest BCUT2D eigenvalue weighted by Crippen LogP contribution is 2.40. The second kappa shape index (κ2) is 9.20. The van der Waals surface area contributed by atoms with Gasteiger partial charge in [-0.3, -0.25) is 14.5 Å². The van der Waals surface area contributed by atoms with Crippen molar-refractivity contribution in [2.75, 3.05) is 45.8 Å². The summed E-state index contributed by atoms with van der Waals surface area (Å²) in [6.45, 7) is 12.9. The molecular weight excluding hydrogens is 410 g/mol. The van der Waals surface area contributed by atoms with Crippen LogP contribution in [0, 0.1) is 13.8 Å². The zero-order valence-corrected chi connectivity index (χ0v) is 19.9. The first kappa shape index (κ1) is 22.1. The van der Waals surface area contributed by atoms with Crippen LogP contribution in [0.4, 0.5) is 0 Å². The summed E-state index contributed by atoms with van der Waals surface area (Å²) in [5.41, 5.74) is 1.99. The summed E-state index contributed by atoms with van der Waals surface area (Å²) in [6, 6.07) is 0. The lowest BCUT2D eigenvalue weighted by atomic mass is 10.1. The lowest BCUT2D eigenvalue weighted by Gasteiger charge is -2.25. The van der Waals surface area contributed by atoms with E-state index in [1.807, 2.05) is 37.5 Å². The van der Waals surface area contributed by atoms with Crippen molar-refractivity contribution in [2.24, 2.45) is 0 Å². The van der Waals surface area contributed by atoms with Gasteiger partial charge >= 0.3 is 0 Å². The van der Waals surface area contributed by atoms with Crippen LogP contribution in [0.15, 0.2) is 0 Å². The highest BCUT2D eigenvalue weighted by molar-refractivity contribution is 7.20. The lowest BCUT2D eigenvalue weighted by Crippen LogP contribution is -2.42. The van der Waals surface area contributed by atoms with Crippen molar-refractivity contribution in [3.63, 3.8) is 0 Å². The van der Waals surface area contributed by atoms with Crippen LogP contribution < -0.4 is 0 Å². The molecule has 1 saturated heterocycles. The number of aromatic nitrogens is 2. The molecule has 0 N–H and O–H groups in total. The molecule has 0 atom stereocenters. The summed E-state index contributed by atoms with van der Waals surface area (Å²) in [4.78, 5) is 43.1. The van der Waals surface area contributed by atoms with Gasteiger partial charge in [-0.2, -0.15) is 0 Å². The van der Waals surface area contributed by atoms with E-state index in [0.29, 0.717) is 19.0 Å². The first-order valence-electron chi connectivity index (χ1n) is 11.5. The molecule has 1 aliphatic heterocycles. The smallest absolute Gasteiger partial charge is 0.264 e. The van der Waals surface area contributed by atoms with Gasteiger partial charge in [0, 0.05) is 50.6 Å². The van der Waals surface area contributed by atoms with Crippen molar-refractivity contribution < 1.29 is 9.59 Å². The van der Waals surface area contributed by atoms with E-state index in [2.05, 4.69) is 4.90 Å². The van der Waals surface area contributed by atoms with Gasteiger partial charge in [0.05, 0.1) is 17.1 Å². The number of hydrogen-bond acceptors (Lipinski definition) is 6. The fraction of sp³-hybridized carbons (Fsp3) is 0.652. The number of thiophene rings is 1. The van der Waals surface area contributed by atoms with Crippen LogP contribution in [0.1, 0.15) is 65.8 Å². The number of carbonyl (C=O) groups is 2. The Labute approximate surface area is 188 Å². The molecule has 31 heavy (non-hydrogen) atoms. The Kier molecular flexibility index (Phi) is 6.57. The Balaban J connectivity index is 1.47. The second-order valence-electron chi connectivity index (χ2n) is 8.67. The number of nitrogens with zero attached hydrogens (tertiary/aromatic N) is 5. The molecule has 2 fully saturated rings. The SMILES string of the molecule is CCN(CC)C(=O)CN1CCCN(C(=O)c2sc3nc(C4CC4)nc(C)c3c2C)CC1. The van der Waals surface area contributed by atoms with Crippen molar-refractivity contribution >= 4 is 33.4 Å². The van der Waals surface area contributed by atoms with E-state index in [1.54, 1.807) is 0 Å². The molecule has 2 aromatic rings. The van der Waals surface area contributed by atoms with E-state index >= 15 is 0 Å². The average Bonchev–Trinajstić information content (AvgIpc) is 3.56. The van der Waals surface area contributed by atoms with Gasteiger partial charge < -0.3 is 9.80 Å². The number of likely N-dealkylation sites (N-methyl/N-ethyl adjacent to an activating group) is 1. The Morgan fingerprint density at radius 2 is 1.81 bits per heavy atom. The molecule has 0 spiro atoms. The molecule has 2 aromatic heterocycles. The topological polar surface area (TPSA) is 69.6 Å². The van der Waals surface area contributed by atoms with E-state index in [9.17, 15) is 9.59 Å². The van der Waals surface area contributed by atoms with Crippen LogP contribution in [-0.2, 0) is 4.79 Å². The highest BCUT2D eigenvalue weighted by Gasteiger charge is 2.30. The third kappa shape index (κ3) is 4.60. The quantitative estimate of drug-likeness (QED) is 0.686. The van der Waals surface area contributed by atoms with E-state index in [4.69, 9.17) is 9.97 Å². The van der Waals surface area contributed by atoms with Gasteiger partial charge in [-0.15, -0.1) is 11.3 Å². The van der Waals surface area contributed by atoms with Gasteiger partial charge in [0.2, 0.25) is 5.91 Å². The van der Waals surface area contributed by atoms with Gasteiger partial charge in [0.25, 0.3) is 5.91 Å². The molecule has 0 radical (unpaired) electrons. The lowest BCUT2D eigenvalue weighted by molar-refractivity contribution is -0.132. The minimum Gasteiger partial charge on any atom is -0.342 e. The summed E-state index contributed by atoms with van der Waals surface area (Å²) in [5, 5.41) is 1.04. The van der Waals surface area contributed by atoms with Crippen LogP contribution in [0.5, 0.6) is 0 Å². The maximum absolute atomic E-state index is 13.4. The molecule has 8 heteroatoms. The van der Waals surface area contributed by atoms with Gasteiger partial charge in [0.15, 0.2) is 0 Å². The average molecular weight is 444 g/mol. The van der Waals surface area contributed by atoms with Crippen LogP contribution in [0.25, 0.3) is 10.2 Å². The van der Waals surface area contributed by atoms with E-state index in [-0.39, 0.29) is 11.8 Å². The number of carbonyl (C=O) groups excluding carboxylic acids is 2. The van der Waals surface area contributed by atoms with Crippen molar-refractivity contribution in [1.82, 2.24) is 24.7 Å². The fourth-order valence-corrected chi connectivity index (χ4v) is 5.64. The summed E-state index contributed by atoms with van der Waals surface area (Å²) in [7, 11) is 0. The molecule has 2 amide bonds. The second-order valence-corrected chi connectivity index (χ2v) is 9.66. The summed E-state index contributed by atoms with van der Waals surface area (Å²) in [6.07, 6.45) is 3.22. The predicted molar refractivity (Wildman–Crippen MR) is 124 cm³/mol. The number of aryl methyl sites for hydroxylation is 2. The number of amides is 2. The first-order valence-corrected chi connectivity index (χ1v) is 12.3. The predicted octanol–water partition coefficient (Wildman–Crippen LogP) is 3.20. The molecule has 4 rings (SSSR count). The third-order valence-electron chi connectivity index (χ3n) is 6.48. The molecule has 2 aliphatic rings. The first-order chi connectivity index (χ1) is 14.9. The Bertz CT molecular complexity index is 980. The monoisotopic (exact) mass is 443 g/mol. The van der Waals surface area contributed by atoms with E-state index < -0.39 is 0 Å². The van der Waals surface area contributed by atoms with Crippen LogP contribution in [-0.4, -0.2) is 82.3 Å². The molecule has 0 unspecified atom stereocenters. The Morgan fingerprint density at radius 1 is 1.06 bits per heavy atom. The van der Waals surface area contributed by atoms with Gasteiger partial charge in [-0.1, -0.05) is 0 Å². The molecule has 168 valence electrons. The fourth-order valence-electron chi connectivity index (χ4n) is 4.43. The minimum absolute atomic E-state index is 0.0878. The maximum Gasteiger partial charge on any atom is 0.264 e. The molecule has 1 aliphatic carbocycles. The summed E-state index contributed by atoms with van der Waals surface area (Å²) in [5.74, 6) is 1.70. The third-order valence-corrected chi connectivity index (χ3v) is 7.65. The van der Waals surface area contributed by atoms with Gasteiger partial charge in [0.1, 0.15) is 10.7 Å². The molecule has 3 heterocycles. The van der Waals surface area contributed by atoms with Gasteiger partial charge in [-0.25, -0.2) is 9.97 Å². The molecule has 1 saturated carbocycles. The zero-order valence-electron chi connectivity index (χ0n) is 19.1. The molecule has 0 aromatic carbocycles. The van der Waals surface area contributed by atoms with E-state index in [1.165, 1.54) is 24.2 Å². The minimum atomic E-state index is 0.0878. The van der Waals surface area contributed by atoms with E-state index in [0.717, 1.165) is 71.3 Å². The van der Waals surface area contributed by atoms with Crippen LogP contribution in [0.3, 0.4) is 0 Å². The highest BCUT2D eigenvalue weighted by atomic mass is 32.1. The summed E-state index contributed by atoms with van der Waals surface area (Å²) >= 11 is 1.51. The standard InChI is InChI=1S/C23H33N5O2S/c1-5-27(6-2)18(29)14-26-10-7-11-28(13-12-26)23(30)20-15(3)19-16(4)24-21(17-8-9-17)25-22(19)31-20/h17H,5-14H2,1-4H3. The Morgan fingerprint density at radius 3 is 2.48 bits per heavy atom. The van der Waals surface area contributed by atoms with Crippen LogP contribution >= 0.6 is 11.3 Å². The molecule has 0 bridgehead atoms. The van der Waals surface area contributed by atoms with Crippen molar-refractivity contribution in [1.29, 1.82) is 0 Å². The Hall–Kier alpha value is -2.06. The number of fused-ring (bicyclic) bond motifs is 1. The van der Waals surface area contributed by atoms with Crippen molar-refractivity contribution in [3.05, 3.63) is 22.0 Å². The molecular formula is C23H33N5O2S. The zero-order chi connectivity index (χ0) is 22.1. The van der Waals surface area contributed by atoms with Crippen molar-refractivity contribution in [3.8, 4) is 0 Å². The van der Waals surface area contributed by atoms with Crippen LogP contribution in [0.2, 0.25) is 0 Å². The van der Waals surface area contributed by atoms with Gasteiger partial charge in [-0.05, 0) is 52.5 Å². The summed E-state index contributed by atoms with van der Waals surface area (Å²) < 4.78 is 0. The number of hydrogen-bond donors (Lipinski definition) is 0. The normalized spacial score (nSPS) is 17.7.